The third kappa shape index (κ3) is 1.82. The van der Waals surface area contributed by atoms with Gasteiger partial charge in [-0.25, -0.2) is 0 Å². The zero-order valence-electron chi connectivity index (χ0n) is 11.0. The molecule has 1 aliphatic carbocycles. The minimum Gasteiger partial charge on any atom is -0.497 e. The van der Waals surface area contributed by atoms with E-state index in [1.807, 2.05) is 0 Å². The fourth-order valence-corrected chi connectivity index (χ4v) is 3.63. The van der Waals surface area contributed by atoms with Crippen molar-refractivity contribution < 1.29 is 4.74 Å². The van der Waals surface area contributed by atoms with Gasteiger partial charge in [0, 0.05) is 18.1 Å². The van der Waals surface area contributed by atoms with Gasteiger partial charge in [0.05, 0.1) is 7.11 Å². The van der Waals surface area contributed by atoms with Crippen LogP contribution >= 0.6 is 0 Å². The van der Waals surface area contributed by atoms with Gasteiger partial charge in [0.1, 0.15) is 5.75 Å². The van der Waals surface area contributed by atoms with Crippen LogP contribution in [0, 0.1) is 0 Å². The van der Waals surface area contributed by atoms with E-state index in [0.717, 1.165) is 18.7 Å². The van der Waals surface area contributed by atoms with Gasteiger partial charge in [0.15, 0.2) is 0 Å². The zero-order valence-corrected chi connectivity index (χ0v) is 11.0. The van der Waals surface area contributed by atoms with Gasteiger partial charge in [-0.15, -0.1) is 0 Å². The number of ether oxygens (including phenoxy) is 1. The molecule has 1 aromatic carbocycles. The van der Waals surface area contributed by atoms with Crippen LogP contribution in [0.5, 0.6) is 5.75 Å². The molecule has 1 fully saturated rings. The average Bonchev–Trinajstić information content (AvgIpc) is 2.77. The fraction of sp³-hybridized carbons (Fsp3) is 0.600. The van der Waals surface area contributed by atoms with Crippen LogP contribution in [0.2, 0.25) is 0 Å². The van der Waals surface area contributed by atoms with E-state index in [0.29, 0.717) is 6.04 Å². The fourth-order valence-electron chi connectivity index (χ4n) is 3.63. The number of piperidine rings is 1. The van der Waals surface area contributed by atoms with Crippen LogP contribution < -0.4 is 15.8 Å². The summed E-state index contributed by atoms with van der Waals surface area (Å²) in [5.74, 6) is 0.969. The highest BCUT2D eigenvalue weighted by molar-refractivity contribution is 5.44. The Morgan fingerprint density at radius 3 is 3.11 bits per heavy atom. The second-order valence-corrected chi connectivity index (χ2v) is 5.57. The average molecular weight is 246 g/mol. The lowest BCUT2D eigenvalue weighted by atomic mass is 9.81. The van der Waals surface area contributed by atoms with Crippen LogP contribution in [0.15, 0.2) is 18.2 Å². The summed E-state index contributed by atoms with van der Waals surface area (Å²) in [4.78, 5) is 0. The molecule has 0 radical (unpaired) electrons. The molecule has 2 atom stereocenters. The highest BCUT2D eigenvalue weighted by Gasteiger charge is 2.41. The summed E-state index contributed by atoms with van der Waals surface area (Å²) >= 11 is 0. The summed E-state index contributed by atoms with van der Waals surface area (Å²) in [6.07, 6.45) is 6.08. The van der Waals surface area contributed by atoms with Gasteiger partial charge in [-0.2, -0.15) is 0 Å². The summed E-state index contributed by atoms with van der Waals surface area (Å²) in [7, 11) is 1.73. The Morgan fingerprint density at radius 1 is 1.44 bits per heavy atom. The molecule has 98 valence electrons. The number of nitrogens with two attached hydrogens (primary N) is 1. The number of rotatable bonds is 2. The Balaban J connectivity index is 1.93. The van der Waals surface area contributed by atoms with E-state index in [1.165, 1.54) is 36.8 Å². The predicted octanol–water partition coefficient (Wildman–Crippen LogP) is 1.94. The molecule has 3 heteroatoms. The van der Waals surface area contributed by atoms with Gasteiger partial charge in [-0.1, -0.05) is 6.07 Å². The van der Waals surface area contributed by atoms with Gasteiger partial charge in [-0.3, -0.25) is 0 Å². The highest BCUT2D eigenvalue weighted by Crippen LogP contribution is 2.44. The zero-order chi connectivity index (χ0) is 12.6. The van der Waals surface area contributed by atoms with Crippen molar-refractivity contribution in [2.24, 2.45) is 5.73 Å². The van der Waals surface area contributed by atoms with Gasteiger partial charge in [-0.05, 0) is 55.4 Å². The summed E-state index contributed by atoms with van der Waals surface area (Å²) in [5, 5.41) is 3.81. The molecule has 2 unspecified atom stereocenters. The van der Waals surface area contributed by atoms with E-state index in [1.54, 1.807) is 7.11 Å². The van der Waals surface area contributed by atoms with Gasteiger partial charge < -0.3 is 15.8 Å². The van der Waals surface area contributed by atoms with E-state index in [4.69, 9.17) is 10.5 Å². The molecule has 18 heavy (non-hydrogen) atoms. The van der Waals surface area contributed by atoms with Crippen LogP contribution in [0.3, 0.4) is 0 Å². The first-order valence-electron chi connectivity index (χ1n) is 6.92. The van der Waals surface area contributed by atoms with Crippen LogP contribution in [-0.4, -0.2) is 19.7 Å². The Labute approximate surface area is 109 Å². The SMILES string of the molecule is COc1ccc2c(c1)CCC21CCCC(CN)N1. The first kappa shape index (κ1) is 12.0. The third-order valence-electron chi connectivity index (χ3n) is 4.57. The summed E-state index contributed by atoms with van der Waals surface area (Å²) in [5.41, 5.74) is 8.94. The van der Waals surface area contributed by atoms with Gasteiger partial charge >= 0.3 is 0 Å². The molecule has 0 bridgehead atoms. The maximum Gasteiger partial charge on any atom is 0.119 e. The summed E-state index contributed by atoms with van der Waals surface area (Å²) < 4.78 is 5.32. The van der Waals surface area contributed by atoms with E-state index < -0.39 is 0 Å². The Bertz CT molecular complexity index is 446. The summed E-state index contributed by atoms with van der Waals surface area (Å²) in [6, 6.07) is 7.00. The van der Waals surface area contributed by atoms with E-state index in [2.05, 4.69) is 23.5 Å². The number of hydrogen-bond donors (Lipinski definition) is 2. The maximum absolute atomic E-state index is 5.84. The molecular weight excluding hydrogens is 224 g/mol. The molecule has 0 aromatic heterocycles. The van der Waals surface area contributed by atoms with Crippen LogP contribution in [0.1, 0.15) is 36.8 Å². The number of benzene rings is 1. The second-order valence-electron chi connectivity index (χ2n) is 5.57. The first-order valence-corrected chi connectivity index (χ1v) is 6.92. The second kappa shape index (κ2) is 4.56. The lowest BCUT2D eigenvalue weighted by Crippen LogP contribution is -2.52. The minimum atomic E-state index is 0.184. The summed E-state index contributed by atoms with van der Waals surface area (Å²) in [6.45, 7) is 0.743. The number of aryl methyl sites for hydroxylation is 1. The maximum atomic E-state index is 5.84. The van der Waals surface area contributed by atoms with E-state index in [-0.39, 0.29) is 5.54 Å². The molecule has 1 saturated heterocycles. The first-order chi connectivity index (χ1) is 8.77. The molecule has 3 N–H and O–H groups in total. The lowest BCUT2D eigenvalue weighted by Gasteiger charge is -2.40. The van der Waals surface area contributed by atoms with Crippen LogP contribution in [-0.2, 0) is 12.0 Å². The largest absolute Gasteiger partial charge is 0.497 e. The molecule has 3 rings (SSSR count). The van der Waals surface area contributed by atoms with Crippen LogP contribution in [0.25, 0.3) is 0 Å². The monoisotopic (exact) mass is 246 g/mol. The van der Waals surface area contributed by atoms with Gasteiger partial charge in [0.2, 0.25) is 0 Å². The standard InChI is InChI=1S/C15H22N2O/c1-18-13-4-5-14-11(9-13)6-8-15(14)7-2-3-12(10-16)17-15/h4-5,9,12,17H,2-3,6-8,10,16H2,1H3. The van der Waals surface area contributed by atoms with Crippen molar-refractivity contribution in [3.63, 3.8) is 0 Å². The van der Waals surface area contributed by atoms with Crippen molar-refractivity contribution >= 4 is 0 Å². The molecule has 0 amide bonds. The van der Waals surface area contributed by atoms with Crippen molar-refractivity contribution in [1.29, 1.82) is 0 Å². The van der Waals surface area contributed by atoms with Crippen molar-refractivity contribution in [1.82, 2.24) is 5.32 Å². The Hall–Kier alpha value is -1.06. The molecule has 1 aliphatic heterocycles. The molecule has 3 nitrogen and oxygen atoms in total. The number of nitrogens with one attached hydrogen (secondary N) is 1. The van der Waals surface area contributed by atoms with E-state index >= 15 is 0 Å². The number of fused-ring (bicyclic) bond motifs is 2. The van der Waals surface area contributed by atoms with Crippen molar-refractivity contribution in [3.8, 4) is 5.75 Å². The molecule has 1 aromatic rings. The number of methoxy groups -OCH3 is 1. The predicted molar refractivity (Wildman–Crippen MR) is 72.8 cm³/mol. The van der Waals surface area contributed by atoms with Gasteiger partial charge in [0.25, 0.3) is 0 Å². The molecule has 0 saturated carbocycles. The third-order valence-corrected chi connectivity index (χ3v) is 4.57. The van der Waals surface area contributed by atoms with Crippen LogP contribution in [0.4, 0.5) is 0 Å². The smallest absolute Gasteiger partial charge is 0.119 e. The van der Waals surface area contributed by atoms with E-state index in [9.17, 15) is 0 Å². The molecular formula is C15H22N2O. The van der Waals surface area contributed by atoms with Crippen molar-refractivity contribution in [2.45, 2.75) is 43.7 Å². The lowest BCUT2D eigenvalue weighted by molar-refractivity contribution is 0.208. The normalized spacial score (nSPS) is 30.4. The minimum absolute atomic E-state index is 0.184. The highest BCUT2D eigenvalue weighted by atomic mass is 16.5. The molecule has 1 spiro atoms. The molecule has 1 heterocycles. The molecule has 2 aliphatic rings. The quantitative estimate of drug-likeness (QED) is 0.838. The van der Waals surface area contributed by atoms with Crippen molar-refractivity contribution in [3.05, 3.63) is 29.3 Å². The number of hydrogen-bond acceptors (Lipinski definition) is 3. The Morgan fingerprint density at radius 2 is 2.33 bits per heavy atom. The Kier molecular flexibility index (Phi) is 3.04. The topological polar surface area (TPSA) is 47.3 Å². The van der Waals surface area contributed by atoms with Crippen molar-refractivity contribution in [2.75, 3.05) is 13.7 Å².